The smallest absolute Gasteiger partial charge is 0.351 e. The minimum absolute atomic E-state index is 0.0250. The molecule has 1 aliphatic heterocycles. The van der Waals surface area contributed by atoms with Crippen LogP contribution in [0.1, 0.15) is 47.8 Å². The first-order valence-corrected chi connectivity index (χ1v) is 17.8. The van der Waals surface area contributed by atoms with E-state index < -0.39 is 58.1 Å². The Morgan fingerprint density at radius 1 is 1.18 bits per heavy atom. The van der Waals surface area contributed by atoms with E-state index in [9.17, 15) is 9.18 Å². The molecule has 2 N–H and O–H groups in total. The van der Waals surface area contributed by atoms with E-state index in [1.165, 1.54) is 0 Å². The summed E-state index contributed by atoms with van der Waals surface area (Å²) in [7, 11) is -4.79. The summed E-state index contributed by atoms with van der Waals surface area (Å²) in [6.07, 6.45) is -3.64. The highest BCUT2D eigenvalue weighted by molar-refractivity contribution is 6.74. The molecule has 34 heavy (non-hydrogen) atoms. The summed E-state index contributed by atoms with van der Waals surface area (Å²) in [5.74, 6) is -1.65. The van der Waals surface area contributed by atoms with Crippen LogP contribution in [0.4, 0.5) is 14.6 Å². The molecular weight excluding hydrogens is 500 g/mol. The van der Waals surface area contributed by atoms with Crippen molar-refractivity contribution < 1.29 is 22.4 Å². The molecule has 2 heterocycles. The van der Waals surface area contributed by atoms with Gasteiger partial charge in [0.1, 0.15) is 11.7 Å². The van der Waals surface area contributed by atoms with Gasteiger partial charge in [-0.3, -0.25) is 4.57 Å². The highest BCUT2D eigenvalue weighted by Gasteiger charge is 2.60. The Labute approximate surface area is 208 Å². The Bertz CT molecular complexity index is 950. The fraction of sp³-hybridized carbons (Fsp3) is 0.818. The van der Waals surface area contributed by atoms with Crippen molar-refractivity contribution in [2.24, 2.45) is 0 Å². The summed E-state index contributed by atoms with van der Waals surface area (Å²) < 4.78 is 50.2. The third-order valence-electron chi connectivity index (χ3n) is 7.58. The molecule has 0 aliphatic carbocycles. The van der Waals surface area contributed by atoms with Crippen LogP contribution < -0.4 is 11.4 Å². The van der Waals surface area contributed by atoms with Crippen LogP contribution in [0.5, 0.6) is 0 Å². The molecule has 2 rings (SSSR count). The molecule has 196 valence electrons. The zero-order valence-corrected chi connectivity index (χ0v) is 24.7. The Hall–Kier alpha value is -0.856. The molecule has 0 spiro atoms. The summed E-state index contributed by atoms with van der Waals surface area (Å²) in [6, 6.07) is 0. The fourth-order valence-electron chi connectivity index (χ4n) is 3.11. The zero-order chi connectivity index (χ0) is 26.5. The second-order valence-electron chi connectivity index (χ2n) is 12.2. The number of nitrogens with two attached hydrogens (primary N) is 1. The van der Waals surface area contributed by atoms with Crippen LogP contribution in [0.15, 0.2) is 11.0 Å². The Balaban J connectivity index is 2.57. The molecule has 0 bridgehead atoms. The first-order valence-electron chi connectivity index (χ1n) is 11.4. The van der Waals surface area contributed by atoms with Crippen molar-refractivity contribution in [3.63, 3.8) is 0 Å². The summed E-state index contributed by atoms with van der Waals surface area (Å²) >= 11 is 6.44. The first-order chi connectivity index (χ1) is 15.2. The van der Waals surface area contributed by atoms with E-state index in [2.05, 4.69) is 38.8 Å². The zero-order valence-electron chi connectivity index (χ0n) is 22.0. The Kier molecular flexibility index (Phi) is 8.25. The van der Waals surface area contributed by atoms with E-state index in [-0.39, 0.29) is 22.6 Å². The SMILES string of the molecule is CC(C)(C)[Si](C)(C)OC[C@@]1(CCl)O[C@@H](n2cc(F)c(N)nc2=O)[C@@H](F)[C@@H]1O[Si](C)(C)C(C)(C)C. The second kappa shape index (κ2) is 9.55. The number of alkyl halides is 2. The average molecular weight is 540 g/mol. The van der Waals surface area contributed by atoms with Gasteiger partial charge in [0.05, 0.1) is 18.7 Å². The molecule has 1 aromatic rings. The minimum Gasteiger partial charge on any atom is -0.414 e. The van der Waals surface area contributed by atoms with Crippen LogP contribution >= 0.6 is 11.6 Å². The summed E-state index contributed by atoms with van der Waals surface area (Å²) in [5.41, 5.74) is 3.09. The van der Waals surface area contributed by atoms with Crippen LogP contribution in [0, 0.1) is 5.82 Å². The maximum atomic E-state index is 16.1. The van der Waals surface area contributed by atoms with Crippen LogP contribution in [-0.2, 0) is 13.6 Å². The van der Waals surface area contributed by atoms with Gasteiger partial charge in [-0.05, 0) is 36.3 Å². The van der Waals surface area contributed by atoms with Gasteiger partial charge < -0.3 is 19.3 Å². The topological polar surface area (TPSA) is 88.6 Å². The maximum absolute atomic E-state index is 16.1. The van der Waals surface area contributed by atoms with Gasteiger partial charge in [0.15, 0.2) is 40.7 Å². The number of halogens is 3. The quantitative estimate of drug-likeness (QED) is 0.377. The highest BCUT2D eigenvalue weighted by atomic mass is 35.5. The largest absolute Gasteiger partial charge is 0.414 e. The highest BCUT2D eigenvalue weighted by Crippen LogP contribution is 2.47. The van der Waals surface area contributed by atoms with Crippen molar-refractivity contribution in [3.05, 3.63) is 22.5 Å². The van der Waals surface area contributed by atoms with Crippen molar-refractivity contribution in [2.75, 3.05) is 18.2 Å². The van der Waals surface area contributed by atoms with E-state index in [0.717, 1.165) is 10.8 Å². The predicted molar refractivity (Wildman–Crippen MR) is 137 cm³/mol. The number of aromatic nitrogens is 2. The Morgan fingerprint density at radius 2 is 1.71 bits per heavy atom. The van der Waals surface area contributed by atoms with E-state index >= 15 is 4.39 Å². The summed E-state index contributed by atoms with van der Waals surface area (Å²) in [6.45, 7) is 20.5. The first kappa shape index (κ1) is 29.4. The number of hydrogen-bond acceptors (Lipinski definition) is 6. The molecule has 0 saturated carbocycles. The second-order valence-corrected chi connectivity index (χ2v) is 22.0. The lowest BCUT2D eigenvalue weighted by Crippen LogP contribution is -2.57. The number of nitrogen functional groups attached to an aromatic ring is 1. The van der Waals surface area contributed by atoms with Crippen molar-refractivity contribution >= 4 is 34.1 Å². The lowest BCUT2D eigenvalue weighted by atomic mass is 9.99. The molecule has 1 aromatic heterocycles. The maximum Gasteiger partial charge on any atom is 0.351 e. The molecule has 0 amide bonds. The summed E-state index contributed by atoms with van der Waals surface area (Å²) in [4.78, 5) is 15.9. The minimum atomic E-state index is -2.51. The third-order valence-corrected chi connectivity index (χ3v) is 17.0. The number of ether oxygens (including phenoxy) is 1. The van der Waals surface area contributed by atoms with Crippen LogP contribution in [0.2, 0.25) is 36.3 Å². The Morgan fingerprint density at radius 3 is 2.18 bits per heavy atom. The molecule has 0 aromatic carbocycles. The van der Waals surface area contributed by atoms with Gasteiger partial charge in [-0.1, -0.05) is 41.5 Å². The number of nitrogens with zero attached hydrogens (tertiary/aromatic N) is 2. The van der Waals surface area contributed by atoms with Crippen molar-refractivity contribution in [2.45, 2.75) is 102 Å². The number of anilines is 1. The number of hydrogen-bond donors (Lipinski definition) is 1. The molecule has 1 fully saturated rings. The monoisotopic (exact) mass is 539 g/mol. The average Bonchev–Trinajstić information content (AvgIpc) is 2.94. The molecule has 12 heteroatoms. The van der Waals surface area contributed by atoms with Crippen LogP contribution in [-0.4, -0.2) is 56.5 Å². The predicted octanol–water partition coefficient (Wildman–Crippen LogP) is 5.22. The van der Waals surface area contributed by atoms with Crippen molar-refractivity contribution in [3.8, 4) is 0 Å². The van der Waals surface area contributed by atoms with Crippen LogP contribution in [0.3, 0.4) is 0 Å². The fourth-order valence-corrected chi connectivity index (χ4v) is 5.77. The molecule has 0 unspecified atom stereocenters. The molecule has 1 saturated heterocycles. The van der Waals surface area contributed by atoms with Crippen molar-refractivity contribution in [1.29, 1.82) is 0 Å². The van der Waals surface area contributed by atoms with E-state index in [1.54, 1.807) is 0 Å². The van der Waals surface area contributed by atoms with Gasteiger partial charge in [-0.15, -0.1) is 11.6 Å². The van der Waals surface area contributed by atoms with Gasteiger partial charge >= 0.3 is 5.69 Å². The van der Waals surface area contributed by atoms with E-state index in [4.69, 9.17) is 30.9 Å². The molecule has 1 aliphatic rings. The molecule has 7 nitrogen and oxygen atoms in total. The standard InChI is InChI=1S/C22H40ClF2N3O4Si2/c1-20(2,3)33(7,8)30-13-22(12-23)16(32-34(9,10)21(4,5)6)15(25)18(31-22)28-11-14(24)17(26)27-19(28)29/h11,15-16,18H,12-13H2,1-10H3,(H2,26,27,29)/t15-,16-,18+,22+/m0/s1. The lowest BCUT2D eigenvalue weighted by molar-refractivity contribution is -0.110. The lowest BCUT2D eigenvalue weighted by Gasteiger charge is -2.44. The van der Waals surface area contributed by atoms with Crippen molar-refractivity contribution in [1.82, 2.24) is 9.55 Å². The normalized spacial score (nSPS) is 26.8. The molecule has 0 radical (unpaired) electrons. The van der Waals surface area contributed by atoms with Crippen LogP contribution in [0.25, 0.3) is 0 Å². The molecule has 4 atom stereocenters. The van der Waals surface area contributed by atoms with Gasteiger partial charge in [-0.2, -0.15) is 4.98 Å². The van der Waals surface area contributed by atoms with Gasteiger partial charge in [0, 0.05) is 0 Å². The number of rotatable bonds is 7. The van der Waals surface area contributed by atoms with Gasteiger partial charge in [-0.25, -0.2) is 13.6 Å². The van der Waals surface area contributed by atoms with Gasteiger partial charge in [0.25, 0.3) is 0 Å². The van der Waals surface area contributed by atoms with E-state index in [0.29, 0.717) is 0 Å². The van der Waals surface area contributed by atoms with Gasteiger partial charge in [0.2, 0.25) is 0 Å². The summed E-state index contributed by atoms with van der Waals surface area (Å²) in [5, 5.41) is -0.334. The third kappa shape index (κ3) is 5.59. The van der Waals surface area contributed by atoms with E-state index in [1.807, 2.05) is 33.9 Å². The molecular formula is C22H40ClF2N3O4Si2.